The Bertz CT molecular complexity index is 1010. The monoisotopic (exact) mass is 450 g/mol. The van der Waals surface area contributed by atoms with Gasteiger partial charge in [-0.25, -0.2) is 9.69 Å². The van der Waals surface area contributed by atoms with Crippen LogP contribution in [0.1, 0.15) is 32.3 Å². The third-order valence-electron chi connectivity index (χ3n) is 5.28. The Labute approximate surface area is 181 Å². The highest BCUT2D eigenvalue weighted by molar-refractivity contribution is 8.00. The lowest BCUT2D eigenvalue weighted by atomic mass is 10.1. The molecule has 10 heteroatoms. The van der Waals surface area contributed by atoms with Crippen LogP contribution in [0.4, 0.5) is 29.3 Å². The number of anilines is 2. The molecule has 1 aromatic carbocycles. The van der Waals surface area contributed by atoms with E-state index in [1.54, 1.807) is 17.3 Å². The van der Waals surface area contributed by atoms with E-state index in [0.717, 1.165) is 16.2 Å². The van der Waals surface area contributed by atoms with Gasteiger partial charge in [0.2, 0.25) is 0 Å². The van der Waals surface area contributed by atoms with Gasteiger partial charge in [-0.15, -0.1) is 0 Å². The summed E-state index contributed by atoms with van der Waals surface area (Å²) in [5, 5.41) is 3.30. The Kier molecular flexibility index (Phi) is 5.36. The van der Waals surface area contributed by atoms with E-state index in [1.807, 2.05) is 19.9 Å². The molecule has 1 aromatic heterocycles. The number of aromatic nitrogens is 1. The average Bonchev–Trinajstić information content (AvgIpc) is 3.45. The van der Waals surface area contributed by atoms with E-state index in [9.17, 15) is 22.8 Å². The summed E-state index contributed by atoms with van der Waals surface area (Å²) < 4.78 is 37.7. The highest BCUT2D eigenvalue weighted by atomic mass is 32.2. The molecule has 1 saturated heterocycles. The highest BCUT2D eigenvalue weighted by Gasteiger charge is 2.65. The standard InChI is InChI=1S/C21H21F3N4O2S/c1-13(2)26-17-11-25-10-7-14(17)12-27-19(30)28(18(29)20(27)8-9-20)15-3-5-16(6-4-15)31-21(22,23)24/h3-7,10-11,13,26H,8-9,12H2,1-2H3. The summed E-state index contributed by atoms with van der Waals surface area (Å²) in [6.45, 7) is 4.22. The molecule has 164 valence electrons. The summed E-state index contributed by atoms with van der Waals surface area (Å²) >= 11 is -0.237. The first kappa shape index (κ1) is 21.5. The fraction of sp³-hybridized carbons (Fsp3) is 0.381. The highest BCUT2D eigenvalue weighted by Crippen LogP contribution is 2.50. The maximum Gasteiger partial charge on any atom is 0.446 e. The zero-order valence-electron chi connectivity index (χ0n) is 16.9. The molecule has 6 nitrogen and oxygen atoms in total. The first-order valence-electron chi connectivity index (χ1n) is 9.82. The Morgan fingerprint density at radius 1 is 1.16 bits per heavy atom. The predicted octanol–water partition coefficient (Wildman–Crippen LogP) is 5.02. The van der Waals surface area contributed by atoms with Crippen molar-refractivity contribution in [2.24, 2.45) is 0 Å². The van der Waals surface area contributed by atoms with Crippen molar-refractivity contribution in [3.8, 4) is 0 Å². The number of carbonyl (C=O) groups is 2. The van der Waals surface area contributed by atoms with Crippen molar-refractivity contribution in [1.82, 2.24) is 9.88 Å². The molecule has 0 radical (unpaired) electrons. The van der Waals surface area contributed by atoms with E-state index in [2.05, 4.69) is 10.3 Å². The van der Waals surface area contributed by atoms with Gasteiger partial charge in [0.05, 0.1) is 24.1 Å². The first-order chi connectivity index (χ1) is 14.6. The molecular weight excluding hydrogens is 429 g/mol. The molecule has 2 aromatic rings. The van der Waals surface area contributed by atoms with Crippen LogP contribution in [0, 0.1) is 0 Å². The number of halogens is 3. The first-order valence-corrected chi connectivity index (χ1v) is 10.6. The molecule has 1 saturated carbocycles. The quantitative estimate of drug-likeness (QED) is 0.495. The van der Waals surface area contributed by atoms with Gasteiger partial charge in [0.25, 0.3) is 5.91 Å². The fourth-order valence-electron chi connectivity index (χ4n) is 3.73. The number of pyridine rings is 1. The minimum Gasteiger partial charge on any atom is -0.381 e. The number of urea groups is 1. The van der Waals surface area contributed by atoms with Gasteiger partial charge in [-0.1, -0.05) is 0 Å². The van der Waals surface area contributed by atoms with Crippen LogP contribution in [0.5, 0.6) is 0 Å². The summed E-state index contributed by atoms with van der Waals surface area (Å²) in [5.74, 6) is -0.332. The van der Waals surface area contributed by atoms with E-state index in [-0.39, 0.29) is 40.8 Å². The maximum atomic E-state index is 13.2. The van der Waals surface area contributed by atoms with Crippen molar-refractivity contribution < 1.29 is 22.8 Å². The molecule has 0 atom stereocenters. The number of nitrogens with zero attached hydrogens (tertiary/aromatic N) is 3. The Hall–Kier alpha value is -2.75. The van der Waals surface area contributed by atoms with E-state index >= 15 is 0 Å². The molecule has 0 bridgehead atoms. The van der Waals surface area contributed by atoms with E-state index < -0.39 is 17.1 Å². The minimum atomic E-state index is -4.40. The van der Waals surface area contributed by atoms with Crippen molar-refractivity contribution in [3.63, 3.8) is 0 Å². The molecule has 1 N–H and O–H groups in total. The van der Waals surface area contributed by atoms with Crippen molar-refractivity contribution in [2.75, 3.05) is 10.2 Å². The predicted molar refractivity (Wildman–Crippen MR) is 112 cm³/mol. The van der Waals surface area contributed by atoms with Crippen molar-refractivity contribution in [1.29, 1.82) is 0 Å². The summed E-state index contributed by atoms with van der Waals surface area (Å²) in [6, 6.07) is 6.80. The third-order valence-corrected chi connectivity index (χ3v) is 6.02. The van der Waals surface area contributed by atoms with Crippen molar-refractivity contribution in [3.05, 3.63) is 48.3 Å². The van der Waals surface area contributed by atoms with Crippen LogP contribution in [0.25, 0.3) is 0 Å². The van der Waals surface area contributed by atoms with Crippen LogP contribution in [-0.4, -0.2) is 38.9 Å². The van der Waals surface area contributed by atoms with E-state index in [4.69, 9.17) is 0 Å². The third kappa shape index (κ3) is 4.21. The largest absolute Gasteiger partial charge is 0.446 e. The molecule has 3 amide bonds. The van der Waals surface area contributed by atoms with Gasteiger partial charge in [0.1, 0.15) is 5.54 Å². The number of nitrogens with one attached hydrogen (secondary N) is 1. The second-order valence-corrected chi connectivity index (χ2v) is 9.05. The van der Waals surface area contributed by atoms with Crippen LogP contribution >= 0.6 is 11.8 Å². The van der Waals surface area contributed by atoms with Crippen LogP contribution in [-0.2, 0) is 11.3 Å². The number of hydrogen-bond acceptors (Lipinski definition) is 5. The number of rotatable bonds is 6. The Morgan fingerprint density at radius 3 is 2.42 bits per heavy atom. The molecule has 1 spiro atoms. The lowest BCUT2D eigenvalue weighted by molar-refractivity contribution is -0.120. The Balaban J connectivity index is 1.59. The normalized spacial score (nSPS) is 17.7. The van der Waals surface area contributed by atoms with Crippen molar-refractivity contribution in [2.45, 2.75) is 55.2 Å². The van der Waals surface area contributed by atoms with Gasteiger partial charge >= 0.3 is 11.5 Å². The summed E-state index contributed by atoms with van der Waals surface area (Å²) in [6.07, 6.45) is 4.45. The number of thioether (sulfide) groups is 1. The molecule has 0 unspecified atom stereocenters. The van der Waals surface area contributed by atoms with E-state index in [1.165, 1.54) is 24.3 Å². The van der Waals surface area contributed by atoms with Gasteiger partial charge in [0.15, 0.2) is 0 Å². The second-order valence-electron chi connectivity index (χ2n) is 7.91. The number of carbonyl (C=O) groups excluding carboxylic acids is 2. The molecular formula is C21H21F3N4O2S. The van der Waals surface area contributed by atoms with Crippen LogP contribution < -0.4 is 10.2 Å². The number of hydrogen-bond donors (Lipinski definition) is 1. The molecule has 1 aliphatic carbocycles. The van der Waals surface area contributed by atoms with Crippen LogP contribution in [0.15, 0.2) is 47.6 Å². The second kappa shape index (κ2) is 7.74. The lowest BCUT2D eigenvalue weighted by Crippen LogP contribution is -2.36. The summed E-state index contributed by atoms with van der Waals surface area (Å²) in [7, 11) is 0. The number of alkyl halides is 3. The smallest absolute Gasteiger partial charge is 0.381 e. The Morgan fingerprint density at radius 2 is 1.84 bits per heavy atom. The van der Waals surface area contributed by atoms with Crippen LogP contribution in [0.3, 0.4) is 0 Å². The average molecular weight is 450 g/mol. The molecule has 31 heavy (non-hydrogen) atoms. The minimum absolute atomic E-state index is 0.00507. The summed E-state index contributed by atoms with van der Waals surface area (Å²) in [4.78, 5) is 33.1. The summed E-state index contributed by atoms with van der Waals surface area (Å²) in [5.41, 5.74) is -3.38. The van der Waals surface area contributed by atoms with Gasteiger partial charge in [0, 0.05) is 17.1 Å². The molecule has 2 heterocycles. The number of imide groups is 1. The molecule has 2 fully saturated rings. The zero-order chi connectivity index (χ0) is 22.4. The van der Waals surface area contributed by atoms with Gasteiger partial charge in [-0.3, -0.25) is 9.78 Å². The van der Waals surface area contributed by atoms with Crippen LogP contribution in [0.2, 0.25) is 0 Å². The number of amides is 3. The van der Waals surface area contributed by atoms with E-state index in [0.29, 0.717) is 12.8 Å². The maximum absolute atomic E-state index is 13.2. The lowest BCUT2D eigenvalue weighted by Gasteiger charge is -2.23. The van der Waals surface area contributed by atoms with Crippen molar-refractivity contribution >= 4 is 35.1 Å². The van der Waals surface area contributed by atoms with Gasteiger partial charge in [-0.05, 0) is 74.3 Å². The SMILES string of the molecule is CC(C)Nc1cnccc1CN1C(=O)N(c2ccc(SC(F)(F)F)cc2)C(=O)C12CC2. The topological polar surface area (TPSA) is 65.5 Å². The zero-order valence-corrected chi connectivity index (χ0v) is 17.8. The molecule has 2 aliphatic rings. The fourth-order valence-corrected chi connectivity index (χ4v) is 4.27. The van der Waals surface area contributed by atoms with Gasteiger partial charge in [-0.2, -0.15) is 13.2 Å². The molecule has 4 rings (SSSR count). The van der Waals surface area contributed by atoms with Gasteiger partial charge < -0.3 is 10.2 Å². The molecule has 1 aliphatic heterocycles. The number of benzene rings is 1.